The summed E-state index contributed by atoms with van der Waals surface area (Å²) in [5.74, 6) is -0.0570. The normalized spacial score (nSPS) is 10.2. The number of unbranched alkanes of at least 4 members (excludes halogenated alkanes) is 1. The van der Waals surface area contributed by atoms with Crippen molar-refractivity contribution >= 4 is 11.6 Å². The number of anilines is 1. The maximum atomic E-state index is 12.0. The van der Waals surface area contributed by atoms with E-state index in [2.05, 4.69) is 11.9 Å². The molecule has 4 nitrogen and oxygen atoms in total. The Morgan fingerprint density at radius 3 is 2.81 bits per heavy atom. The van der Waals surface area contributed by atoms with Gasteiger partial charge in [0, 0.05) is 31.2 Å². The van der Waals surface area contributed by atoms with Crippen LogP contribution in [0.4, 0.5) is 5.69 Å². The SMILES string of the molecule is CCCCN(C)C(=O)c1cnc(C)cc1N. The molecular weight excluding hydrogens is 202 g/mol. The van der Waals surface area contributed by atoms with Crippen LogP contribution in [-0.2, 0) is 0 Å². The van der Waals surface area contributed by atoms with Crippen molar-refractivity contribution in [1.82, 2.24) is 9.88 Å². The Morgan fingerprint density at radius 1 is 1.56 bits per heavy atom. The molecule has 88 valence electrons. The van der Waals surface area contributed by atoms with E-state index in [0.717, 1.165) is 25.1 Å². The molecule has 0 aliphatic heterocycles. The number of rotatable bonds is 4. The molecule has 4 heteroatoms. The second-order valence-electron chi connectivity index (χ2n) is 3.99. The molecule has 0 aliphatic rings. The first-order valence-electron chi connectivity index (χ1n) is 5.53. The number of aryl methyl sites for hydroxylation is 1. The zero-order valence-corrected chi connectivity index (χ0v) is 10.2. The maximum Gasteiger partial charge on any atom is 0.257 e. The molecule has 0 radical (unpaired) electrons. The van der Waals surface area contributed by atoms with Crippen LogP contribution in [0.5, 0.6) is 0 Å². The fraction of sp³-hybridized carbons (Fsp3) is 0.500. The number of amides is 1. The molecular formula is C12H19N3O. The zero-order chi connectivity index (χ0) is 12.1. The summed E-state index contributed by atoms with van der Waals surface area (Å²) in [5.41, 5.74) is 7.62. The van der Waals surface area contributed by atoms with Crippen molar-refractivity contribution in [3.63, 3.8) is 0 Å². The van der Waals surface area contributed by atoms with E-state index in [9.17, 15) is 4.79 Å². The van der Waals surface area contributed by atoms with Gasteiger partial charge >= 0.3 is 0 Å². The summed E-state index contributed by atoms with van der Waals surface area (Å²) in [6.07, 6.45) is 3.62. The Hall–Kier alpha value is -1.58. The summed E-state index contributed by atoms with van der Waals surface area (Å²) >= 11 is 0. The fourth-order valence-electron chi connectivity index (χ4n) is 1.46. The minimum Gasteiger partial charge on any atom is -0.398 e. The first-order chi connectivity index (χ1) is 7.56. The van der Waals surface area contributed by atoms with Gasteiger partial charge in [-0.25, -0.2) is 0 Å². The lowest BCUT2D eigenvalue weighted by Gasteiger charge is -2.17. The Kier molecular flexibility index (Phi) is 4.28. The molecule has 0 aromatic carbocycles. The number of pyridine rings is 1. The fourth-order valence-corrected chi connectivity index (χ4v) is 1.46. The Balaban J connectivity index is 2.79. The van der Waals surface area contributed by atoms with Gasteiger partial charge in [-0.15, -0.1) is 0 Å². The molecule has 0 bridgehead atoms. The minimum atomic E-state index is -0.0570. The van der Waals surface area contributed by atoms with Crippen LogP contribution in [0.1, 0.15) is 35.8 Å². The highest BCUT2D eigenvalue weighted by molar-refractivity contribution is 5.98. The monoisotopic (exact) mass is 221 g/mol. The van der Waals surface area contributed by atoms with Gasteiger partial charge in [0.2, 0.25) is 0 Å². The van der Waals surface area contributed by atoms with Gasteiger partial charge in [-0.05, 0) is 19.4 Å². The first kappa shape index (κ1) is 12.5. The molecule has 16 heavy (non-hydrogen) atoms. The number of hydrogen-bond donors (Lipinski definition) is 1. The molecule has 1 heterocycles. The van der Waals surface area contributed by atoms with Crippen LogP contribution < -0.4 is 5.73 Å². The van der Waals surface area contributed by atoms with Crippen molar-refractivity contribution in [1.29, 1.82) is 0 Å². The average Bonchev–Trinajstić information content (AvgIpc) is 2.25. The third-order valence-electron chi connectivity index (χ3n) is 2.50. The number of carbonyl (C=O) groups excluding carboxylic acids is 1. The van der Waals surface area contributed by atoms with Crippen LogP contribution in [-0.4, -0.2) is 29.4 Å². The van der Waals surface area contributed by atoms with E-state index in [0.29, 0.717) is 11.3 Å². The highest BCUT2D eigenvalue weighted by Crippen LogP contribution is 2.13. The molecule has 0 saturated carbocycles. The molecule has 0 aliphatic carbocycles. The molecule has 0 saturated heterocycles. The van der Waals surface area contributed by atoms with E-state index < -0.39 is 0 Å². The molecule has 1 amide bonds. The van der Waals surface area contributed by atoms with Gasteiger partial charge < -0.3 is 10.6 Å². The summed E-state index contributed by atoms with van der Waals surface area (Å²) in [4.78, 5) is 17.8. The Morgan fingerprint density at radius 2 is 2.25 bits per heavy atom. The number of aromatic nitrogens is 1. The van der Waals surface area contributed by atoms with Gasteiger partial charge in [0.1, 0.15) is 0 Å². The van der Waals surface area contributed by atoms with Crippen molar-refractivity contribution in [2.24, 2.45) is 0 Å². The van der Waals surface area contributed by atoms with Gasteiger partial charge in [0.25, 0.3) is 5.91 Å². The van der Waals surface area contributed by atoms with Crippen molar-refractivity contribution in [3.05, 3.63) is 23.5 Å². The topological polar surface area (TPSA) is 59.2 Å². The van der Waals surface area contributed by atoms with Gasteiger partial charge in [-0.1, -0.05) is 13.3 Å². The van der Waals surface area contributed by atoms with Crippen LogP contribution in [0.25, 0.3) is 0 Å². The quantitative estimate of drug-likeness (QED) is 0.844. The highest BCUT2D eigenvalue weighted by atomic mass is 16.2. The predicted molar refractivity (Wildman–Crippen MR) is 65.3 cm³/mol. The Labute approximate surface area is 96.5 Å². The number of nitrogens with two attached hydrogens (primary N) is 1. The van der Waals surface area contributed by atoms with Gasteiger partial charge in [0.05, 0.1) is 5.56 Å². The number of hydrogen-bond acceptors (Lipinski definition) is 3. The summed E-state index contributed by atoms with van der Waals surface area (Å²) in [5, 5.41) is 0. The minimum absolute atomic E-state index is 0.0570. The highest BCUT2D eigenvalue weighted by Gasteiger charge is 2.14. The third-order valence-corrected chi connectivity index (χ3v) is 2.50. The molecule has 0 fully saturated rings. The van der Waals surface area contributed by atoms with Crippen molar-refractivity contribution in [3.8, 4) is 0 Å². The van der Waals surface area contributed by atoms with Crippen LogP contribution in [0.3, 0.4) is 0 Å². The van der Waals surface area contributed by atoms with Crippen LogP contribution in [0.2, 0.25) is 0 Å². The van der Waals surface area contributed by atoms with E-state index in [1.54, 1.807) is 24.2 Å². The molecule has 0 unspecified atom stereocenters. The summed E-state index contributed by atoms with van der Waals surface area (Å²) in [6.45, 7) is 4.70. The standard InChI is InChI=1S/C12H19N3O/c1-4-5-6-15(3)12(16)10-8-14-9(2)7-11(10)13/h7-8H,4-6H2,1-3H3,(H2,13,14). The van der Waals surface area contributed by atoms with Crippen molar-refractivity contribution < 1.29 is 4.79 Å². The van der Waals surface area contributed by atoms with Crippen LogP contribution in [0.15, 0.2) is 12.3 Å². The molecule has 0 spiro atoms. The summed E-state index contributed by atoms with van der Waals surface area (Å²) < 4.78 is 0. The van der Waals surface area contributed by atoms with Gasteiger partial charge in [-0.2, -0.15) is 0 Å². The van der Waals surface area contributed by atoms with Crippen molar-refractivity contribution in [2.45, 2.75) is 26.7 Å². The van der Waals surface area contributed by atoms with E-state index in [4.69, 9.17) is 5.73 Å². The Bertz CT molecular complexity index is 377. The van der Waals surface area contributed by atoms with E-state index in [1.807, 2.05) is 6.92 Å². The van der Waals surface area contributed by atoms with Crippen molar-refractivity contribution in [2.75, 3.05) is 19.3 Å². The second kappa shape index (κ2) is 5.49. The average molecular weight is 221 g/mol. The number of nitrogen functional groups attached to an aromatic ring is 1. The molecule has 0 atom stereocenters. The molecule has 2 N–H and O–H groups in total. The first-order valence-corrected chi connectivity index (χ1v) is 5.53. The van der Waals surface area contributed by atoms with E-state index in [1.165, 1.54) is 0 Å². The lowest BCUT2D eigenvalue weighted by Crippen LogP contribution is -2.28. The van der Waals surface area contributed by atoms with Gasteiger partial charge in [-0.3, -0.25) is 9.78 Å². The summed E-state index contributed by atoms with van der Waals surface area (Å²) in [6, 6.07) is 1.72. The van der Waals surface area contributed by atoms with E-state index in [-0.39, 0.29) is 5.91 Å². The molecule has 1 aromatic rings. The largest absolute Gasteiger partial charge is 0.398 e. The second-order valence-corrected chi connectivity index (χ2v) is 3.99. The molecule has 1 aromatic heterocycles. The number of carbonyl (C=O) groups is 1. The third kappa shape index (κ3) is 2.95. The summed E-state index contributed by atoms with van der Waals surface area (Å²) in [7, 11) is 1.79. The van der Waals surface area contributed by atoms with Crippen LogP contribution in [0, 0.1) is 6.92 Å². The zero-order valence-electron chi connectivity index (χ0n) is 10.2. The lowest BCUT2D eigenvalue weighted by molar-refractivity contribution is 0.0794. The molecule has 1 rings (SSSR count). The lowest BCUT2D eigenvalue weighted by atomic mass is 10.2. The maximum absolute atomic E-state index is 12.0. The predicted octanol–water partition coefficient (Wildman–Crippen LogP) is 1.84. The number of nitrogens with zero attached hydrogens (tertiary/aromatic N) is 2. The van der Waals surface area contributed by atoms with Crippen LogP contribution >= 0.6 is 0 Å². The smallest absolute Gasteiger partial charge is 0.257 e. The van der Waals surface area contributed by atoms with Gasteiger partial charge in [0.15, 0.2) is 0 Å². The van der Waals surface area contributed by atoms with E-state index >= 15 is 0 Å².